The van der Waals surface area contributed by atoms with Gasteiger partial charge in [0.15, 0.2) is 0 Å². The summed E-state index contributed by atoms with van der Waals surface area (Å²) in [6, 6.07) is 4.46. The molecule has 0 aromatic heterocycles. The molecule has 0 heterocycles. The minimum Gasteiger partial charge on any atom is -0.480 e. The van der Waals surface area contributed by atoms with Crippen molar-refractivity contribution in [3.05, 3.63) is 28.8 Å². The van der Waals surface area contributed by atoms with Crippen molar-refractivity contribution in [2.24, 2.45) is 0 Å². The molecule has 0 aliphatic rings. The minimum atomic E-state index is -3.82. The van der Waals surface area contributed by atoms with E-state index < -0.39 is 22.5 Å². The molecule has 0 saturated heterocycles. The summed E-state index contributed by atoms with van der Waals surface area (Å²) in [6.07, 6.45) is 0. The molecule has 1 aromatic carbocycles. The number of sulfonamides is 1. The summed E-state index contributed by atoms with van der Waals surface area (Å²) < 4.78 is 24.9. The van der Waals surface area contributed by atoms with E-state index >= 15 is 0 Å². The van der Waals surface area contributed by atoms with E-state index in [1.54, 1.807) is 19.1 Å². The van der Waals surface area contributed by atoms with Gasteiger partial charge in [0.2, 0.25) is 10.0 Å². The molecule has 0 fully saturated rings. The number of nitrogens with zero attached hydrogens (tertiary/aromatic N) is 1. The van der Waals surface area contributed by atoms with E-state index in [0.717, 1.165) is 4.31 Å². The summed E-state index contributed by atoms with van der Waals surface area (Å²) >= 11 is 5.73. The number of likely N-dealkylation sites (N-methyl/N-ethyl adjacent to an activating group) is 1. The number of benzene rings is 1. The average molecular weight is 278 g/mol. The second-order valence-electron chi connectivity index (χ2n) is 3.56. The number of hydrogen-bond acceptors (Lipinski definition) is 3. The van der Waals surface area contributed by atoms with Gasteiger partial charge >= 0.3 is 5.97 Å². The van der Waals surface area contributed by atoms with Crippen molar-refractivity contribution in [3.8, 4) is 0 Å². The van der Waals surface area contributed by atoms with Crippen LogP contribution in [-0.2, 0) is 14.8 Å². The molecule has 94 valence electrons. The monoisotopic (exact) mass is 277 g/mol. The number of aliphatic carboxylic acids is 1. The highest BCUT2D eigenvalue weighted by molar-refractivity contribution is 7.89. The summed E-state index contributed by atoms with van der Waals surface area (Å²) in [6.45, 7) is 1.03. The Morgan fingerprint density at radius 3 is 2.59 bits per heavy atom. The highest BCUT2D eigenvalue weighted by Gasteiger charge is 2.24. The molecule has 1 rings (SSSR count). The first-order valence-corrected chi connectivity index (χ1v) is 6.51. The Morgan fingerprint density at radius 1 is 1.47 bits per heavy atom. The van der Waals surface area contributed by atoms with Crippen LogP contribution >= 0.6 is 11.6 Å². The fourth-order valence-electron chi connectivity index (χ4n) is 1.30. The molecule has 7 heteroatoms. The molecule has 0 atom stereocenters. The summed E-state index contributed by atoms with van der Waals surface area (Å²) in [4.78, 5) is 10.5. The maximum Gasteiger partial charge on any atom is 0.318 e. The molecular formula is C10H12ClNO4S. The first-order chi connectivity index (χ1) is 7.75. The third-order valence-corrected chi connectivity index (χ3v) is 4.38. The van der Waals surface area contributed by atoms with E-state index in [2.05, 4.69) is 0 Å². The second-order valence-corrected chi connectivity index (χ2v) is 6.01. The van der Waals surface area contributed by atoms with Gasteiger partial charge in [-0.15, -0.1) is 0 Å². The molecule has 0 aliphatic heterocycles. The third-order valence-electron chi connectivity index (χ3n) is 2.20. The maximum absolute atomic E-state index is 12.0. The van der Waals surface area contributed by atoms with Crippen molar-refractivity contribution in [2.75, 3.05) is 13.6 Å². The van der Waals surface area contributed by atoms with E-state index in [1.807, 2.05) is 0 Å². The van der Waals surface area contributed by atoms with Crippen molar-refractivity contribution >= 4 is 27.6 Å². The number of aryl methyl sites for hydroxylation is 1. The van der Waals surface area contributed by atoms with Crippen molar-refractivity contribution in [1.82, 2.24) is 4.31 Å². The topological polar surface area (TPSA) is 74.7 Å². The molecule has 0 aliphatic carbocycles. The van der Waals surface area contributed by atoms with E-state index in [-0.39, 0.29) is 9.92 Å². The zero-order valence-electron chi connectivity index (χ0n) is 9.34. The molecule has 1 aromatic rings. The van der Waals surface area contributed by atoms with Gasteiger partial charge in [0.1, 0.15) is 6.54 Å². The number of carbonyl (C=O) groups is 1. The largest absolute Gasteiger partial charge is 0.480 e. The number of carboxylic acids is 1. The van der Waals surface area contributed by atoms with Crippen molar-refractivity contribution < 1.29 is 18.3 Å². The summed E-state index contributed by atoms with van der Waals surface area (Å²) in [5, 5.41) is 8.88. The van der Waals surface area contributed by atoms with Crippen LogP contribution in [0.3, 0.4) is 0 Å². The zero-order chi connectivity index (χ0) is 13.2. The fourth-order valence-corrected chi connectivity index (χ4v) is 2.90. The Hall–Kier alpha value is -1.11. The van der Waals surface area contributed by atoms with Crippen molar-refractivity contribution in [1.29, 1.82) is 0 Å². The highest BCUT2D eigenvalue weighted by Crippen LogP contribution is 2.22. The molecule has 17 heavy (non-hydrogen) atoms. The zero-order valence-corrected chi connectivity index (χ0v) is 10.9. The fraction of sp³-hybridized carbons (Fsp3) is 0.300. The standard InChI is InChI=1S/C10H12ClNO4S/c1-7-3-4-8(11)5-9(7)17(15,16)12(2)6-10(13)14/h3-5H,6H2,1-2H3,(H,13,14). The lowest BCUT2D eigenvalue weighted by molar-refractivity contribution is -0.137. The molecule has 0 spiro atoms. The molecule has 0 amide bonds. The number of carboxylic acid groups (broad SMARTS) is 1. The molecule has 0 radical (unpaired) electrons. The molecule has 0 unspecified atom stereocenters. The average Bonchev–Trinajstić information content (AvgIpc) is 2.20. The van der Waals surface area contributed by atoms with Crippen LogP contribution in [0.2, 0.25) is 5.02 Å². The van der Waals surface area contributed by atoms with Gasteiger partial charge in [0.05, 0.1) is 4.90 Å². The van der Waals surface area contributed by atoms with Crippen molar-refractivity contribution in [3.63, 3.8) is 0 Å². The Labute approximate surface area is 105 Å². The Bertz CT molecular complexity index is 541. The van der Waals surface area contributed by atoms with Gasteiger partial charge < -0.3 is 5.11 Å². The smallest absolute Gasteiger partial charge is 0.318 e. The van der Waals surface area contributed by atoms with Crippen LogP contribution in [0, 0.1) is 6.92 Å². The summed E-state index contributed by atoms with van der Waals surface area (Å²) in [5.74, 6) is -1.21. The second kappa shape index (κ2) is 5.03. The molecule has 5 nitrogen and oxygen atoms in total. The minimum absolute atomic E-state index is 0.0220. The van der Waals surface area contributed by atoms with Gasteiger partial charge in [-0.25, -0.2) is 8.42 Å². The Balaban J connectivity index is 3.21. The van der Waals surface area contributed by atoms with Gasteiger partial charge in [0.25, 0.3) is 0 Å². The van der Waals surface area contributed by atoms with Crippen LogP contribution in [0.25, 0.3) is 0 Å². The van der Waals surface area contributed by atoms with E-state index in [4.69, 9.17) is 16.7 Å². The van der Waals surface area contributed by atoms with Crippen LogP contribution < -0.4 is 0 Å². The predicted octanol–water partition coefficient (Wildman–Crippen LogP) is 1.35. The van der Waals surface area contributed by atoms with Gasteiger partial charge in [0, 0.05) is 12.1 Å². The molecule has 1 N–H and O–H groups in total. The lowest BCUT2D eigenvalue weighted by atomic mass is 10.2. The molecule has 0 bridgehead atoms. The van der Waals surface area contributed by atoms with Crippen LogP contribution in [-0.4, -0.2) is 37.4 Å². The van der Waals surface area contributed by atoms with E-state index in [0.29, 0.717) is 5.56 Å². The van der Waals surface area contributed by atoms with Gasteiger partial charge in [-0.05, 0) is 24.6 Å². The first-order valence-electron chi connectivity index (χ1n) is 4.69. The predicted molar refractivity (Wildman–Crippen MR) is 63.6 cm³/mol. The normalized spacial score (nSPS) is 11.8. The lowest BCUT2D eigenvalue weighted by Crippen LogP contribution is -2.32. The first kappa shape index (κ1) is 14.0. The lowest BCUT2D eigenvalue weighted by Gasteiger charge is -2.16. The van der Waals surface area contributed by atoms with Gasteiger partial charge in [-0.3, -0.25) is 4.79 Å². The van der Waals surface area contributed by atoms with Crippen LogP contribution in [0.5, 0.6) is 0 Å². The Morgan fingerprint density at radius 2 is 2.06 bits per heavy atom. The summed E-state index contributed by atoms with van der Waals surface area (Å²) in [7, 11) is -2.61. The van der Waals surface area contributed by atoms with Crippen LogP contribution in [0.1, 0.15) is 5.56 Å². The number of hydrogen-bond donors (Lipinski definition) is 1. The van der Waals surface area contributed by atoms with Crippen molar-refractivity contribution in [2.45, 2.75) is 11.8 Å². The highest BCUT2D eigenvalue weighted by atomic mass is 35.5. The molecular weight excluding hydrogens is 266 g/mol. The third kappa shape index (κ3) is 3.18. The van der Waals surface area contributed by atoms with E-state index in [9.17, 15) is 13.2 Å². The van der Waals surface area contributed by atoms with Crippen LogP contribution in [0.4, 0.5) is 0 Å². The number of halogens is 1. The maximum atomic E-state index is 12.0. The SMILES string of the molecule is Cc1ccc(Cl)cc1S(=O)(=O)N(C)CC(=O)O. The van der Waals surface area contributed by atoms with E-state index in [1.165, 1.54) is 13.1 Å². The summed E-state index contributed by atoms with van der Waals surface area (Å²) in [5.41, 5.74) is 0.520. The molecule has 0 saturated carbocycles. The van der Waals surface area contributed by atoms with Gasteiger partial charge in [-0.1, -0.05) is 17.7 Å². The van der Waals surface area contributed by atoms with Crippen LogP contribution in [0.15, 0.2) is 23.1 Å². The Kier molecular flexibility index (Phi) is 4.13. The van der Waals surface area contributed by atoms with Gasteiger partial charge in [-0.2, -0.15) is 4.31 Å². The quantitative estimate of drug-likeness (QED) is 0.901. The number of rotatable bonds is 4.